The Morgan fingerprint density at radius 3 is 2.74 bits per heavy atom. The first-order valence-corrected chi connectivity index (χ1v) is 7.11. The summed E-state index contributed by atoms with van der Waals surface area (Å²) < 4.78 is 5.30. The first kappa shape index (κ1) is 14.1. The zero-order valence-electron chi connectivity index (χ0n) is 11.2. The van der Waals surface area contributed by atoms with Crippen molar-refractivity contribution in [2.24, 2.45) is 5.73 Å². The van der Waals surface area contributed by atoms with Crippen LogP contribution in [0.1, 0.15) is 28.0 Å². The first-order valence-electron chi connectivity index (χ1n) is 6.23. The van der Waals surface area contributed by atoms with Crippen molar-refractivity contribution in [3.63, 3.8) is 0 Å². The normalized spacial score (nSPS) is 14.1. The van der Waals surface area contributed by atoms with E-state index in [0.29, 0.717) is 6.54 Å². The molecule has 0 aliphatic rings. The Morgan fingerprint density at radius 2 is 2.16 bits per heavy atom. The first-order chi connectivity index (χ1) is 9.17. The van der Waals surface area contributed by atoms with Crippen molar-refractivity contribution in [2.45, 2.75) is 18.9 Å². The average Bonchev–Trinajstić information content (AvgIpc) is 2.94. The summed E-state index contributed by atoms with van der Waals surface area (Å²) in [5.74, 6) is 0.714. The summed E-state index contributed by atoms with van der Waals surface area (Å²) in [6.07, 6.45) is -0.613. The fourth-order valence-corrected chi connectivity index (χ4v) is 3.03. The number of hydrogen-bond donors (Lipinski definition) is 2. The largest absolute Gasteiger partial charge is 0.496 e. The van der Waals surface area contributed by atoms with Gasteiger partial charge in [0.1, 0.15) is 5.75 Å². The van der Waals surface area contributed by atoms with E-state index in [9.17, 15) is 5.11 Å². The van der Waals surface area contributed by atoms with Gasteiger partial charge in [-0.3, -0.25) is 0 Å². The maximum atomic E-state index is 10.5. The third-order valence-electron chi connectivity index (χ3n) is 3.32. The van der Waals surface area contributed by atoms with Gasteiger partial charge in [0, 0.05) is 17.3 Å². The lowest BCUT2D eigenvalue weighted by atomic mass is 9.93. The van der Waals surface area contributed by atoms with Crippen LogP contribution in [-0.4, -0.2) is 18.8 Å². The molecule has 0 bridgehead atoms. The Hall–Kier alpha value is -1.36. The Balaban J connectivity index is 2.29. The van der Waals surface area contributed by atoms with Crippen LogP contribution in [0, 0.1) is 6.92 Å². The van der Waals surface area contributed by atoms with E-state index in [4.69, 9.17) is 10.5 Å². The summed E-state index contributed by atoms with van der Waals surface area (Å²) >= 11 is 1.62. The molecule has 4 heteroatoms. The maximum absolute atomic E-state index is 10.5. The molecule has 3 N–H and O–H groups in total. The van der Waals surface area contributed by atoms with E-state index in [2.05, 4.69) is 0 Å². The molecule has 102 valence electrons. The van der Waals surface area contributed by atoms with Crippen molar-refractivity contribution in [2.75, 3.05) is 13.7 Å². The van der Waals surface area contributed by atoms with Crippen molar-refractivity contribution >= 4 is 11.3 Å². The van der Waals surface area contributed by atoms with E-state index in [1.165, 1.54) is 0 Å². The zero-order valence-corrected chi connectivity index (χ0v) is 12.0. The van der Waals surface area contributed by atoms with Gasteiger partial charge in [-0.15, -0.1) is 11.3 Å². The second kappa shape index (κ2) is 6.19. The van der Waals surface area contributed by atoms with Gasteiger partial charge in [-0.2, -0.15) is 0 Å². The number of aliphatic hydroxyl groups is 1. The van der Waals surface area contributed by atoms with Gasteiger partial charge >= 0.3 is 0 Å². The van der Waals surface area contributed by atoms with Gasteiger partial charge in [-0.1, -0.05) is 18.2 Å². The molecule has 2 unspecified atom stereocenters. The number of rotatable bonds is 5. The maximum Gasteiger partial charge on any atom is 0.122 e. The van der Waals surface area contributed by atoms with E-state index in [-0.39, 0.29) is 5.92 Å². The van der Waals surface area contributed by atoms with E-state index in [1.807, 2.05) is 42.6 Å². The lowest BCUT2D eigenvalue weighted by molar-refractivity contribution is 0.148. The van der Waals surface area contributed by atoms with Crippen LogP contribution in [0.15, 0.2) is 35.7 Å². The molecule has 1 heterocycles. The summed E-state index contributed by atoms with van der Waals surface area (Å²) in [6, 6.07) is 9.76. The lowest BCUT2D eigenvalue weighted by Gasteiger charge is -2.21. The molecule has 0 saturated heterocycles. The highest BCUT2D eigenvalue weighted by Gasteiger charge is 2.23. The Labute approximate surface area is 117 Å². The molecular weight excluding hydrogens is 258 g/mol. The highest BCUT2D eigenvalue weighted by Crippen LogP contribution is 2.34. The monoisotopic (exact) mass is 277 g/mol. The van der Waals surface area contributed by atoms with Crippen molar-refractivity contribution in [3.8, 4) is 5.75 Å². The third kappa shape index (κ3) is 2.97. The number of benzene rings is 1. The molecular formula is C15H19NO2S. The van der Waals surface area contributed by atoms with Crippen molar-refractivity contribution in [1.29, 1.82) is 0 Å². The second-order valence-electron chi connectivity index (χ2n) is 4.53. The van der Waals surface area contributed by atoms with Crippen LogP contribution in [-0.2, 0) is 0 Å². The van der Waals surface area contributed by atoms with Crippen molar-refractivity contribution in [1.82, 2.24) is 0 Å². The van der Waals surface area contributed by atoms with E-state index >= 15 is 0 Å². The molecule has 3 nitrogen and oxygen atoms in total. The van der Waals surface area contributed by atoms with E-state index in [0.717, 1.165) is 21.8 Å². The fraction of sp³-hybridized carbons (Fsp3) is 0.333. The van der Waals surface area contributed by atoms with Gasteiger partial charge in [-0.05, 0) is 35.6 Å². The topological polar surface area (TPSA) is 55.5 Å². The number of nitrogens with two attached hydrogens (primary N) is 1. The molecule has 0 aliphatic heterocycles. The van der Waals surface area contributed by atoms with Crippen LogP contribution in [0.5, 0.6) is 5.75 Å². The van der Waals surface area contributed by atoms with E-state index < -0.39 is 6.10 Å². The van der Waals surface area contributed by atoms with Gasteiger partial charge < -0.3 is 15.6 Å². The zero-order chi connectivity index (χ0) is 13.8. The van der Waals surface area contributed by atoms with Crippen molar-refractivity contribution < 1.29 is 9.84 Å². The molecule has 19 heavy (non-hydrogen) atoms. The van der Waals surface area contributed by atoms with Crippen LogP contribution < -0.4 is 10.5 Å². The summed E-state index contributed by atoms with van der Waals surface area (Å²) in [6.45, 7) is 2.40. The standard InChI is InChI=1S/C15H19NO2S/c1-10-5-6-11(8-13(10)18-2)15(17)12(9-16)14-4-3-7-19-14/h3-8,12,15,17H,9,16H2,1-2H3. The Kier molecular flexibility index (Phi) is 4.58. The minimum Gasteiger partial charge on any atom is -0.496 e. The summed E-state index contributed by atoms with van der Waals surface area (Å²) in [7, 11) is 1.64. The lowest BCUT2D eigenvalue weighted by Crippen LogP contribution is -2.19. The van der Waals surface area contributed by atoms with E-state index in [1.54, 1.807) is 18.4 Å². The van der Waals surface area contributed by atoms with Crippen molar-refractivity contribution in [3.05, 3.63) is 51.7 Å². The molecule has 0 saturated carbocycles. The molecule has 2 atom stereocenters. The minimum absolute atomic E-state index is 0.0765. The highest BCUT2D eigenvalue weighted by atomic mass is 32.1. The highest BCUT2D eigenvalue weighted by molar-refractivity contribution is 7.10. The van der Waals surface area contributed by atoms with Crippen LogP contribution in [0.25, 0.3) is 0 Å². The number of aryl methyl sites for hydroxylation is 1. The number of ether oxygens (including phenoxy) is 1. The smallest absolute Gasteiger partial charge is 0.122 e. The van der Waals surface area contributed by atoms with Crippen LogP contribution in [0.4, 0.5) is 0 Å². The Morgan fingerprint density at radius 1 is 1.37 bits per heavy atom. The fourth-order valence-electron chi connectivity index (χ4n) is 2.16. The summed E-state index contributed by atoms with van der Waals surface area (Å²) in [4.78, 5) is 1.11. The van der Waals surface area contributed by atoms with Gasteiger partial charge in [-0.25, -0.2) is 0 Å². The number of hydrogen-bond acceptors (Lipinski definition) is 4. The molecule has 1 aromatic carbocycles. The van der Waals surface area contributed by atoms with Crippen LogP contribution >= 0.6 is 11.3 Å². The van der Waals surface area contributed by atoms with Gasteiger partial charge in [0.25, 0.3) is 0 Å². The quantitative estimate of drug-likeness (QED) is 0.883. The predicted molar refractivity (Wildman–Crippen MR) is 78.8 cm³/mol. The average molecular weight is 277 g/mol. The molecule has 0 aliphatic carbocycles. The van der Waals surface area contributed by atoms with Gasteiger partial charge in [0.2, 0.25) is 0 Å². The number of thiophene rings is 1. The second-order valence-corrected chi connectivity index (χ2v) is 5.51. The molecule has 0 spiro atoms. The molecule has 2 rings (SSSR count). The Bertz CT molecular complexity index is 525. The molecule has 2 aromatic rings. The van der Waals surface area contributed by atoms with Gasteiger partial charge in [0.05, 0.1) is 13.2 Å². The molecule has 1 aromatic heterocycles. The number of aliphatic hydroxyl groups excluding tert-OH is 1. The third-order valence-corrected chi connectivity index (χ3v) is 4.32. The van der Waals surface area contributed by atoms with Crippen LogP contribution in [0.2, 0.25) is 0 Å². The van der Waals surface area contributed by atoms with Crippen LogP contribution in [0.3, 0.4) is 0 Å². The van der Waals surface area contributed by atoms with Gasteiger partial charge in [0.15, 0.2) is 0 Å². The molecule has 0 amide bonds. The molecule has 0 radical (unpaired) electrons. The summed E-state index contributed by atoms with van der Waals surface area (Å²) in [5.41, 5.74) is 7.71. The SMILES string of the molecule is COc1cc(C(O)C(CN)c2cccs2)ccc1C. The number of methoxy groups -OCH3 is 1. The summed E-state index contributed by atoms with van der Waals surface area (Å²) in [5, 5.41) is 12.5. The minimum atomic E-state index is -0.613. The predicted octanol–water partition coefficient (Wildman–Crippen LogP) is 2.84. The molecule has 0 fully saturated rings.